The fourth-order valence-corrected chi connectivity index (χ4v) is 2.96. The fourth-order valence-electron chi connectivity index (χ4n) is 2.96. The first-order valence-corrected chi connectivity index (χ1v) is 7.42. The van der Waals surface area contributed by atoms with Gasteiger partial charge in [-0.2, -0.15) is 0 Å². The van der Waals surface area contributed by atoms with Gasteiger partial charge in [0.2, 0.25) is 0 Å². The highest BCUT2D eigenvalue weighted by Crippen LogP contribution is 2.20. The number of likely N-dealkylation sites (N-methyl/N-ethyl adjacent to an activating group) is 1. The summed E-state index contributed by atoms with van der Waals surface area (Å²) < 4.78 is 0. The van der Waals surface area contributed by atoms with Gasteiger partial charge in [-0.25, -0.2) is 0 Å². The Morgan fingerprint density at radius 3 is 2.74 bits per heavy atom. The first-order chi connectivity index (χ1) is 9.31. The lowest BCUT2D eigenvalue weighted by molar-refractivity contribution is 0.125. The van der Waals surface area contributed by atoms with Gasteiger partial charge in [0.05, 0.1) is 0 Å². The average Bonchev–Trinajstić information content (AvgIpc) is 2.46. The summed E-state index contributed by atoms with van der Waals surface area (Å²) in [6.07, 6.45) is 2.11. The van der Waals surface area contributed by atoms with Crippen LogP contribution in [0.3, 0.4) is 0 Å². The maximum atomic E-state index is 9.13. The molecular formula is C16H26N2O. The summed E-state index contributed by atoms with van der Waals surface area (Å²) in [7, 11) is 0. The third-order valence-electron chi connectivity index (χ3n) is 4.04. The molecule has 0 bridgehead atoms. The van der Waals surface area contributed by atoms with E-state index in [1.54, 1.807) is 0 Å². The number of likely N-dealkylation sites (tertiary alicyclic amines) is 1. The Hall–Kier alpha value is -0.900. The van der Waals surface area contributed by atoms with Gasteiger partial charge in [0, 0.05) is 32.3 Å². The molecule has 1 aromatic carbocycles. The third-order valence-corrected chi connectivity index (χ3v) is 4.04. The van der Waals surface area contributed by atoms with Crippen molar-refractivity contribution in [2.24, 2.45) is 5.92 Å². The summed E-state index contributed by atoms with van der Waals surface area (Å²) in [4.78, 5) is 2.49. The first-order valence-electron chi connectivity index (χ1n) is 7.42. The Balaban J connectivity index is 1.84. The Labute approximate surface area is 116 Å². The van der Waals surface area contributed by atoms with E-state index in [0.29, 0.717) is 18.6 Å². The van der Waals surface area contributed by atoms with E-state index in [0.717, 1.165) is 32.6 Å². The second-order valence-corrected chi connectivity index (χ2v) is 5.53. The highest BCUT2D eigenvalue weighted by Gasteiger charge is 2.25. The molecule has 1 saturated heterocycles. The molecule has 0 radical (unpaired) electrons. The molecule has 106 valence electrons. The SMILES string of the molecule is CCN1CC(CCO)CC(NCc2ccccc2)C1. The minimum atomic E-state index is 0.313. The van der Waals surface area contributed by atoms with Crippen molar-refractivity contribution in [1.29, 1.82) is 0 Å². The normalized spacial score (nSPS) is 24.5. The summed E-state index contributed by atoms with van der Waals surface area (Å²) in [5.74, 6) is 0.631. The van der Waals surface area contributed by atoms with Crippen molar-refractivity contribution >= 4 is 0 Å². The molecule has 2 atom stereocenters. The van der Waals surface area contributed by atoms with Crippen LogP contribution in [0.5, 0.6) is 0 Å². The Kier molecular flexibility index (Phi) is 5.83. The second kappa shape index (κ2) is 7.63. The van der Waals surface area contributed by atoms with Crippen LogP contribution in [0.25, 0.3) is 0 Å². The zero-order valence-corrected chi connectivity index (χ0v) is 11.9. The van der Waals surface area contributed by atoms with Crippen LogP contribution in [0.4, 0.5) is 0 Å². The molecule has 1 aliphatic heterocycles. The van der Waals surface area contributed by atoms with Crippen LogP contribution in [-0.2, 0) is 6.54 Å². The van der Waals surface area contributed by atoms with Gasteiger partial charge in [0.1, 0.15) is 0 Å². The number of benzene rings is 1. The first kappa shape index (κ1) is 14.5. The predicted molar refractivity (Wildman–Crippen MR) is 79.0 cm³/mol. The minimum Gasteiger partial charge on any atom is -0.396 e. The van der Waals surface area contributed by atoms with Crippen molar-refractivity contribution in [3.05, 3.63) is 35.9 Å². The van der Waals surface area contributed by atoms with Crippen LogP contribution >= 0.6 is 0 Å². The minimum absolute atomic E-state index is 0.313. The molecule has 0 saturated carbocycles. The van der Waals surface area contributed by atoms with Crippen molar-refractivity contribution < 1.29 is 5.11 Å². The third kappa shape index (κ3) is 4.60. The number of piperidine rings is 1. The Morgan fingerprint density at radius 2 is 2.05 bits per heavy atom. The van der Waals surface area contributed by atoms with Crippen LogP contribution < -0.4 is 5.32 Å². The molecule has 0 aromatic heterocycles. The van der Waals surface area contributed by atoms with E-state index < -0.39 is 0 Å². The van der Waals surface area contributed by atoms with E-state index in [1.807, 2.05) is 0 Å². The summed E-state index contributed by atoms with van der Waals surface area (Å²) >= 11 is 0. The zero-order chi connectivity index (χ0) is 13.5. The second-order valence-electron chi connectivity index (χ2n) is 5.53. The lowest BCUT2D eigenvalue weighted by atomic mass is 9.91. The molecule has 2 rings (SSSR count). The average molecular weight is 262 g/mol. The summed E-state index contributed by atoms with van der Waals surface area (Å²) in [6, 6.07) is 11.1. The van der Waals surface area contributed by atoms with Crippen molar-refractivity contribution in [1.82, 2.24) is 10.2 Å². The van der Waals surface area contributed by atoms with E-state index in [9.17, 15) is 0 Å². The van der Waals surface area contributed by atoms with Crippen LogP contribution in [0.2, 0.25) is 0 Å². The number of rotatable bonds is 6. The summed E-state index contributed by atoms with van der Waals surface area (Å²) in [6.45, 7) is 6.84. The molecule has 0 aliphatic carbocycles. The number of nitrogens with one attached hydrogen (secondary N) is 1. The van der Waals surface area contributed by atoms with E-state index in [1.165, 1.54) is 12.0 Å². The molecule has 0 spiro atoms. The molecule has 1 heterocycles. The maximum absolute atomic E-state index is 9.13. The molecule has 3 heteroatoms. The van der Waals surface area contributed by atoms with E-state index in [-0.39, 0.29) is 0 Å². The molecule has 2 unspecified atom stereocenters. The number of hydrogen-bond donors (Lipinski definition) is 2. The lowest BCUT2D eigenvalue weighted by Crippen LogP contribution is -2.49. The van der Waals surface area contributed by atoms with E-state index in [2.05, 4.69) is 47.5 Å². The smallest absolute Gasteiger partial charge is 0.0434 e. The number of hydrogen-bond acceptors (Lipinski definition) is 3. The van der Waals surface area contributed by atoms with Gasteiger partial charge in [-0.05, 0) is 30.9 Å². The molecule has 1 aliphatic rings. The van der Waals surface area contributed by atoms with Crippen LogP contribution in [-0.4, -0.2) is 42.3 Å². The van der Waals surface area contributed by atoms with Crippen LogP contribution in [0.1, 0.15) is 25.3 Å². The van der Waals surface area contributed by atoms with Crippen molar-refractivity contribution in [3.63, 3.8) is 0 Å². The Bertz CT molecular complexity index is 355. The van der Waals surface area contributed by atoms with Gasteiger partial charge in [0.15, 0.2) is 0 Å². The maximum Gasteiger partial charge on any atom is 0.0434 e. The molecular weight excluding hydrogens is 236 g/mol. The summed E-state index contributed by atoms with van der Waals surface area (Å²) in [5.41, 5.74) is 1.34. The standard InChI is InChI=1S/C16H26N2O/c1-2-18-12-15(8-9-19)10-16(13-18)17-11-14-6-4-3-5-7-14/h3-7,15-17,19H,2,8-13H2,1H3. The van der Waals surface area contributed by atoms with Crippen molar-refractivity contribution in [2.45, 2.75) is 32.4 Å². The zero-order valence-electron chi connectivity index (χ0n) is 11.9. The molecule has 19 heavy (non-hydrogen) atoms. The fraction of sp³-hybridized carbons (Fsp3) is 0.625. The van der Waals surface area contributed by atoms with Crippen molar-refractivity contribution in [3.8, 4) is 0 Å². The van der Waals surface area contributed by atoms with E-state index >= 15 is 0 Å². The highest BCUT2D eigenvalue weighted by atomic mass is 16.3. The van der Waals surface area contributed by atoms with Gasteiger partial charge in [-0.15, -0.1) is 0 Å². The van der Waals surface area contributed by atoms with Gasteiger partial charge in [-0.1, -0.05) is 37.3 Å². The van der Waals surface area contributed by atoms with Gasteiger partial charge >= 0.3 is 0 Å². The number of aliphatic hydroxyl groups is 1. The summed E-state index contributed by atoms with van der Waals surface area (Å²) in [5, 5.41) is 12.8. The number of aliphatic hydroxyl groups excluding tert-OH is 1. The Morgan fingerprint density at radius 1 is 1.26 bits per heavy atom. The number of nitrogens with zero attached hydrogens (tertiary/aromatic N) is 1. The topological polar surface area (TPSA) is 35.5 Å². The lowest BCUT2D eigenvalue weighted by Gasteiger charge is -2.37. The van der Waals surface area contributed by atoms with Gasteiger partial charge in [-0.3, -0.25) is 0 Å². The highest BCUT2D eigenvalue weighted by molar-refractivity contribution is 5.14. The quantitative estimate of drug-likeness (QED) is 0.821. The molecule has 0 amide bonds. The van der Waals surface area contributed by atoms with Gasteiger partial charge < -0.3 is 15.3 Å². The monoisotopic (exact) mass is 262 g/mol. The van der Waals surface area contributed by atoms with E-state index in [4.69, 9.17) is 5.11 Å². The molecule has 1 fully saturated rings. The molecule has 2 N–H and O–H groups in total. The van der Waals surface area contributed by atoms with Gasteiger partial charge in [0.25, 0.3) is 0 Å². The predicted octanol–water partition coefficient (Wildman–Crippen LogP) is 1.87. The van der Waals surface area contributed by atoms with Crippen LogP contribution in [0, 0.1) is 5.92 Å². The molecule has 3 nitrogen and oxygen atoms in total. The largest absolute Gasteiger partial charge is 0.396 e. The molecule has 1 aromatic rings. The van der Waals surface area contributed by atoms with Crippen LogP contribution in [0.15, 0.2) is 30.3 Å². The van der Waals surface area contributed by atoms with Crippen molar-refractivity contribution in [2.75, 3.05) is 26.2 Å².